The van der Waals surface area contributed by atoms with Gasteiger partial charge in [0.25, 0.3) is 11.5 Å². The van der Waals surface area contributed by atoms with Crippen LogP contribution in [0.25, 0.3) is 10.8 Å². The molecule has 3 aromatic rings. The van der Waals surface area contributed by atoms with Crippen molar-refractivity contribution in [1.82, 2.24) is 15.2 Å². The van der Waals surface area contributed by atoms with E-state index in [1.807, 2.05) is 31.4 Å². The Morgan fingerprint density at radius 3 is 2.68 bits per heavy atom. The smallest absolute Gasteiger partial charge is 0.267 e. The van der Waals surface area contributed by atoms with Gasteiger partial charge in [0.15, 0.2) is 5.69 Å². The minimum absolute atomic E-state index is 0.188. The van der Waals surface area contributed by atoms with Crippen LogP contribution in [0.5, 0.6) is 0 Å². The fraction of sp³-hybridized carbons (Fsp3) is 0.222. The van der Waals surface area contributed by atoms with Crippen LogP contribution in [0.1, 0.15) is 35.6 Å². The van der Waals surface area contributed by atoms with Gasteiger partial charge in [0.2, 0.25) is 0 Å². The Bertz CT molecular complexity index is 990. The number of fused-ring (bicyclic) bond motifs is 1. The van der Waals surface area contributed by atoms with E-state index in [4.69, 9.17) is 0 Å². The molecule has 0 saturated heterocycles. The van der Waals surface area contributed by atoms with Gasteiger partial charge in [-0.25, -0.2) is 10.1 Å². The molecule has 0 aliphatic rings. The van der Waals surface area contributed by atoms with Gasteiger partial charge < -0.3 is 0 Å². The second kappa shape index (κ2) is 7.40. The van der Waals surface area contributed by atoms with Gasteiger partial charge in [0.05, 0.1) is 11.1 Å². The molecule has 1 N–H and O–H groups in total. The number of nitrogens with one attached hydrogen (secondary N) is 1. The van der Waals surface area contributed by atoms with Crippen molar-refractivity contribution in [2.45, 2.75) is 26.8 Å². The average Bonchev–Trinajstić information content (AvgIpc) is 3.17. The molecule has 128 valence electrons. The molecule has 0 unspecified atom stereocenters. The summed E-state index contributed by atoms with van der Waals surface area (Å²) in [5.74, 6) is -0.433. The van der Waals surface area contributed by atoms with Gasteiger partial charge in [-0.1, -0.05) is 31.2 Å². The first kappa shape index (κ1) is 17.0. The van der Waals surface area contributed by atoms with E-state index in [2.05, 4.69) is 15.6 Å². The summed E-state index contributed by atoms with van der Waals surface area (Å²) in [6.45, 7) is 4.24. The third-order valence-electron chi connectivity index (χ3n) is 3.72. The lowest BCUT2D eigenvalue weighted by molar-refractivity contribution is 0.0949. The van der Waals surface area contributed by atoms with Crippen molar-refractivity contribution in [3.05, 3.63) is 62.7 Å². The van der Waals surface area contributed by atoms with E-state index in [1.165, 1.54) is 4.68 Å². The quantitative estimate of drug-likeness (QED) is 0.565. The Labute approximate surface area is 148 Å². The standard InChI is InChI=1S/C18H18N4O2S/c1-3-10-22-18(24)14-8-5-4-7-13(14)16(21-22)17(23)20-19-12(2)15-9-6-11-25-15/h4-9,11H,3,10H2,1-2H3,(H,20,23)/b19-12+. The third-order valence-corrected chi connectivity index (χ3v) is 4.70. The van der Waals surface area contributed by atoms with Crippen molar-refractivity contribution in [3.8, 4) is 0 Å². The van der Waals surface area contributed by atoms with Gasteiger partial charge in [-0.3, -0.25) is 9.59 Å². The van der Waals surface area contributed by atoms with Crippen molar-refractivity contribution in [1.29, 1.82) is 0 Å². The molecule has 6 nitrogen and oxygen atoms in total. The molecule has 0 spiro atoms. The summed E-state index contributed by atoms with van der Waals surface area (Å²) in [6, 6.07) is 10.9. The molecule has 1 amide bonds. The van der Waals surface area contributed by atoms with Crippen LogP contribution in [-0.4, -0.2) is 21.4 Å². The number of thiophene rings is 1. The van der Waals surface area contributed by atoms with E-state index in [9.17, 15) is 9.59 Å². The molecule has 0 aliphatic carbocycles. The number of benzene rings is 1. The zero-order chi connectivity index (χ0) is 17.8. The largest absolute Gasteiger partial charge is 0.292 e. The van der Waals surface area contributed by atoms with Crippen LogP contribution in [0.15, 0.2) is 51.7 Å². The summed E-state index contributed by atoms with van der Waals surface area (Å²) >= 11 is 1.55. The van der Waals surface area contributed by atoms with Gasteiger partial charge in [-0.05, 0) is 30.9 Å². The first-order chi connectivity index (χ1) is 12.1. The maximum atomic E-state index is 12.6. The molecule has 2 heterocycles. The molecule has 0 radical (unpaired) electrons. The first-order valence-corrected chi connectivity index (χ1v) is 8.88. The van der Waals surface area contributed by atoms with Gasteiger partial charge >= 0.3 is 0 Å². The zero-order valence-corrected chi connectivity index (χ0v) is 14.8. The van der Waals surface area contributed by atoms with E-state index >= 15 is 0 Å². The van der Waals surface area contributed by atoms with Crippen molar-refractivity contribution < 1.29 is 4.79 Å². The molecule has 0 bridgehead atoms. The summed E-state index contributed by atoms with van der Waals surface area (Å²) < 4.78 is 1.34. The number of carbonyl (C=O) groups is 1. The molecular weight excluding hydrogens is 336 g/mol. The second-order valence-electron chi connectivity index (χ2n) is 5.54. The van der Waals surface area contributed by atoms with Crippen LogP contribution in [-0.2, 0) is 6.54 Å². The second-order valence-corrected chi connectivity index (χ2v) is 6.49. The topological polar surface area (TPSA) is 76.3 Å². The summed E-state index contributed by atoms with van der Waals surface area (Å²) in [6.07, 6.45) is 0.752. The van der Waals surface area contributed by atoms with Crippen molar-refractivity contribution in [2.75, 3.05) is 0 Å². The van der Waals surface area contributed by atoms with Crippen molar-refractivity contribution in [2.24, 2.45) is 5.10 Å². The fourth-order valence-corrected chi connectivity index (χ4v) is 3.17. The molecule has 25 heavy (non-hydrogen) atoms. The Balaban J connectivity index is 1.99. The van der Waals surface area contributed by atoms with Gasteiger partial charge in [-0.2, -0.15) is 10.2 Å². The molecular formula is C18H18N4O2S. The number of carbonyl (C=O) groups excluding carboxylic acids is 1. The molecule has 7 heteroatoms. The number of amides is 1. The average molecular weight is 354 g/mol. The monoisotopic (exact) mass is 354 g/mol. The lowest BCUT2D eigenvalue weighted by atomic mass is 10.1. The Morgan fingerprint density at radius 2 is 2.00 bits per heavy atom. The molecule has 0 fully saturated rings. The number of rotatable bonds is 5. The number of hydrazone groups is 1. The highest BCUT2D eigenvalue weighted by Crippen LogP contribution is 2.14. The number of hydrogen-bond donors (Lipinski definition) is 1. The van der Waals surface area contributed by atoms with Crippen LogP contribution in [0.2, 0.25) is 0 Å². The van der Waals surface area contributed by atoms with E-state index in [0.29, 0.717) is 17.3 Å². The van der Waals surface area contributed by atoms with Crippen molar-refractivity contribution in [3.63, 3.8) is 0 Å². The minimum atomic E-state index is -0.433. The molecule has 0 aliphatic heterocycles. The summed E-state index contributed by atoms with van der Waals surface area (Å²) in [4.78, 5) is 26.0. The predicted octanol–water partition coefficient (Wildman–Crippen LogP) is 3.02. The normalized spacial score (nSPS) is 11.7. The van der Waals surface area contributed by atoms with Crippen LogP contribution in [0.3, 0.4) is 0 Å². The summed E-state index contributed by atoms with van der Waals surface area (Å²) in [7, 11) is 0. The fourth-order valence-electron chi connectivity index (χ4n) is 2.49. The minimum Gasteiger partial charge on any atom is -0.267 e. The highest BCUT2D eigenvalue weighted by molar-refractivity contribution is 7.12. The Kier molecular flexibility index (Phi) is 5.04. The van der Waals surface area contributed by atoms with Crippen molar-refractivity contribution >= 4 is 33.7 Å². The molecule has 0 saturated carbocycles. The molecule has 2 aromatic heterocycles. The number of aromatic nitrogens is 2. The molecule has 3 rings (SSSR count). The summed E-state index contributed by atoms with van der Waals surface area (Å²) in [5.41, 5.74) is 3.28. The van der Waals surface area contributed by atoms with E-state index < -0.39 is 5.91 Å². The maximum Gasteiger partial charge on any atom is 0.292 e. The third kappa shape index (κ3) is 3.51. The lowest BCUT2D eigenvalue weighted by Crippen LogP contribution is -2.29. The Hall–Kier alpha value is -2.80. The van der Waals surface area contributed by atoms with Crippen LogP contribution in [0.4, 0.5) is 0 Å². The number of nitrogens with zero attached hydrogens (tertiary/aromatic N) is 3. The van der Waals surface area contributed by atoms with Crippen LogP contribution < -0.4 is 11.0 Å². The van der Waals surface area contributed by atoms with Gasteiger partial charge in [-0.15, -0.1) is 11.3 Å². The van der Waals surface area contributed by atoms with E-state index in [0.717, 1.165) is 17.0 Å². The number of hydrogen-bond acceptors (Lipinski definition) is 5. The molecule has 1 aromatic carbocycles. The maximum absolute atomic E-state index is 12.6. The van der Waals surface area contributed by atoms with Gasteiger partial charge in [0, 0.05) is 16.8 Å². The predicted molar refractivity (Wildman–Crippen MR) is 100 cm³/mol. The number of aryl methyl sites for hydroxylation is 1. The highest BCUT2D eigenvalue weighted by atomic mass is 32.1. The van der Waals surface area contributed by atoms with Crippen LogP contribution in [0, 0.1) is 0 Å². The Morgan fingerprint density at radius 1 is 1.24 bits per heavy atom. The zero-order valence-electron chi connectivity index (χ0n) is 14.0. The molecule has 0 atom stereocenters. The summed E-state index contributed by atoms with van der Waals surface area (Å²) in [5, 5.41) is 11.4. The first-order valence-electron chi connectivity index (χ1n) is 8.00. The van der Waals surface area contributed by atoms with E-state index in [1.54, 1.807) is 35.6 Å². The van der Waals surface area contributed by atoms with Crippen LogP contribution >= 0.6 is 11.3 Å². The van der Waals surface area contributed by atoms with Gasteiger partial charge in [0.1, 0.15) is 0 Å². The highest BCUT2D eigenvalue weighted by Gasteiger charge is 2.16. The SMILES string of the molecule is CCCn1nc(C(=O)N/N=C(\C)c2cccs2)c2ccccc2c1=O. The van der Waals surface area contributed by atoms with E-state index in [-0.39, 0.29) is 11.3 Å². The lowest BCUT2D eigenvalue weighted by Gasteiger charge is -2.09.